The fourth-order valence-electron chi connectivity index (χ4n) is 1.89. The number of morpholine rings is 1. The average molecular weight is 246 g/mol. The first-order chi connectivity index (χ1) is 7.69. The summed E-state index contributed by atoms with van der Waals surface area (Å²) in [5, 5.41) is 7.97. The summed E-state index contributed by atoms with van der Waals surface area (Å²) >= 11 is 5.62. The molecule has 1 fully saturated rings. The van der Waals surface area contributed by atoms with Crippen molar-refractivity contribution in [3.05, 3.63) is 5.89 Å². The summed E-state index contributed by atoms with van der Waals surface area (Å²) in [6.07, 6.45) is 0.989. The molecule has 5 nitrogen and oxygen atoms in total. The first-order valence-corrected chi connectivity index (χ1v) is 6.01. The molecule has 6 heteroatoms. The van der Waals surface area contributed by atoms with Crippen LogP contribution in [-0.4, -0.2) is 41.4 Å². The van der Waals surface area contributed by atoms with E-state index in [-0.39, 0.29) is 12.2 Å². The van der Waals surface area contributed by atoms with Crippen molar-refractivity contribution in [1.29, 1.82) is 0 Å². The van der Waals surface area contributed by atoms with E-state index in [4.69, 9.17) is 20.8 Å². The quantitative estimate of drug-likeness (QED) is 0.755. The van der Waals surface area contributed by atoms with E-state index in [2.05, 4.69) is 15.1 Å². The van der Waals surface area contributed by atoms with E-state index in [1.165, 1.54) is 0 Å². The lowest BCUT2D eigenvalue weighted by Gasteiger charge is -2.33. The number of aromatic nitrogens is 2. The molecule has 0 amide bonds. The molecular formula is C10H16ClN3O2. The summed E-state index contributed by atoms with van der Waals surface area (Å²) in [6.45, 7) is 5.65. The van der Waals surface area contributed by atoms with Gasteiger partial charge in [-0.2, -0.15) is 0 Å². The first kappa shape index (κ1) is 11.7. The van der Waals surface area contributed by atoms with Crippen molar-refractivity contribution in [3.63, 3.8) is 0 Å². The smallest absolute Gasteiger partial charge is 0.318 e. The van der Waals surface area contributed by atoms with Gasteiger partial charge in [-0.05, 0) is 13.8 Å². The number of anilines is 1. The van der Waals surface area contributed by atoms with Gasteiger partial charge in [-0.3, -0.25) is 0 Å². The topological polar surface area (TPSA) is 51.4 Å². The molecule has 0 aliphatic carbocycles. The lowest BCUT2D eigenvalue weighted by atomic mass is 10.2. The van der Waals surface area contributed by atoms with Crippen LogP contribution in [0.1, 0.15) is 19.7 Å². The molecule has 2 heterocycles. The number of alkyl halides is 1. The second-order valence-corrected chi connectivity index (χ2v) is 4.46. The largest absolute Gasteiger partial charge is 0.408 e. The second kappa shape index (κ2) is 5.01. The lowest BCUT2D eigenvalue weighted by Crippen LogP contribution is -2.45. The Morgan fingerprint density at radius 2 is 2.00 bits per heavy atom. The highest BCUT2D eigenvalue weighted by atomic mass is 35.5. The fourth-order valence-corrected chi connectivity index (χ4v) is 2.05. The van der Waals surface area contributed by atoms with Gasteiger partial charge in [0.2, 0.25) is 5.89 Å². The summed E-state index contributed by atoms with van der Waals surface area (Å²) in [7, 11) is 0. The summed E-state index contributed by atoms with van der Waals surface area (Å²) in [5.41, 5.74) is 0. The average Bonchev–Trinajstić information content (AvgIpc) is 2.65. The van der Waals surface area contributed by atoms with E-state index in [9.17, 15) is 0 Å². The first-order valence-electron chi connectivity index (χ1n) is 5.47. The van der Waals surface area contributed by atoms with Gasteiger partial charge >= 0.3 is 6.01 Å². The fraction of sp³-hybridized carbons (Fsp3) is 0.800. The summed E-state index contributed by atoms with van der Waals surface area (Å²) in [5.74, 6) is 1.09. The van der Waals surface area contributed by atoms with Crippen molar-refractivity contribution in [2.24, 2.45) is 0 Å². The zero-order chi connectivity index (χ0) is 11.5. The van der Waals surface area contributed by atoms with E-state index < -0.39 is 0 Å². The van der Waals surface area contributed by atoms with Crippen molar-refractivity contribution in [2.45, 2.75) is 32.5 Å². The van der Waals surface area contributed by atoms with Gasteiger partial charge in [-0.1, -0.05) is 5.10 Å². The minimum atomic E-state index is 0.187. The third-order valence-electron chi connectivity index (χ3n) is 2.45. The number of aryl methyl sites for hydroxylation is 1. The van der Waals surface area contributed by atoms with Crippen LogP contribution in [0.2, 0.25) is 0 Å². The number of nitrogens with zero attached hydrogens (tertiary/aromatic N) is 3. The van der Waals surface area contributed by atoms with Crippen molar-refractivity contribution >= 4 is 17.6 Å². The summed E-state index contributed by atoms with van der Waals surface area (Å²) in [4.78, 5) is 2.06. The number of ether oxygens (including phenoxy) is 1. The van der Waals surface area contributed by atoms with Gasteiger partial charge in [0.05, 0.1) is 12.2 Å². The molecule has 0 bridgehead atoms. The Labute approximate surface area is 99.7 Å². The van der Waals surface area contributed by atoms with E-state index in [1.54, 1.807) is 0 Å². The normalized spacial score (nSPS) is 26.1. The number of halogens is 1. The van der Waals surface area contributed by atoms with Crippen LogP contribution < -0.4 is 4.90 Å². The maximum atomic E-state index is 5.64. The van der Waals surface area contributed by atoms with Crippen molar-refractivity contribution in [2.75, 3.05) is 23.9 Å². The molecule has 90 valence electrons. The minimum Gasteiger partial charge on any atom is -0.408 e. The van der Waals surface area contributed by atoms with Crippen molar-refractivity contribution in [1.82, 2.24) is 10.2 Å². The van der Waals surface area contributed by atoms with Gasteiger partial charge in [0, 0.05) is 25.4 Å². The molecule has 0 saturated carbocycles. The maximum absolute atomic E-state index is 5.64. The monoisotopic (exact) mass is 245 g/mol. The zero-order valence-corrected chi connectivity index (χ0v) is 10.3. The predicted molar refractivity (Wildman–Crippen MR) is 60.9 cm³/mol. The molecule has 1 aromatic heterocycles. The van der Waals surface area contributed by atoms with Crippen LogP contribution >= 0.6 is 11.6 Å². The van der Waals surface area contributed by atoms with Gasteiger partial charge in [0.25, 0.3) is 0 Å². The van der Waals surface area contributed by atoms with Gasteiger partial charge in [0.15, 0.2) is 0 Å². The van der Waals surface area contributed by atoms with Crippen LogP contribution in [0.5, 0.6) is 0 Å². The predicted octanol–water partition coefficient (Wildman–Crippen LogP) is 1.46. The van der Waals surface area contributed by atoms with E-state index in [1.807, 2.05) is 13.8 Å². The minimum absolute atomic E-state index is 0.187. The molecule has 1 aliphatic heterocycles. The molecule has 1 aliphatic rings. The molecule has 1 saturated heterocycles. The summed E-state index contributed by atoms with van der Waals surface area (Å²) < 4.78 is 11.2. The molecule has 0 aromatic carbocycles. The molecule has 1 aromatic rings. The van der Waals surface area contributed by atoms with Gasteiger partial charge in [-0.15, -0.1) is 16.7 Å². The molecule has 2 atom stereocenters. The SMILES string of the molecule is C[C@@H]1CN(c2nnc(CCCl)o2)C[C@H](C)O1. The molecule has 2 rings (SSSR count). The number of rotatable bonds is 3. The third-order valence-corrected chi connectivity index (χ3v) is 2.64. The van der Waals surface area contributed by atoms with Crippen LogP contribution in [0.15, 0.2) is 4.42 Å². The Morgan fingerprint density at radius 3 is 2.62 bits per heavy atom. The van der Waals surface area contributed by atoms with Crippen LogP contribution in [0, 0.1) is 0 Å². The number of hydrogen-bond acceptors (Lipinski definition) is 5. The van der Waals surface area contributed by atoms with Gasteiger partial charge in [-0.25, -0.2) is 0 Å². The highest BCUT2D eigenvalue weighted by molar-refractivity contribution is 6.17. The Kier molecular flexibility index (Phi) is 3.66. The van der Waals surface area contributed by atoms with Crippen molar-refractivity contribution < 1.29 is 9.15 Å². The lowest BCUT2D eigenvalue weighted by molar-refractivity contribution is -0.00675. The van der Waals surface area contributed by atoms with Gasteiger partial charge < -0.3 is 14.1 Å². The van der Waals surface area contributed by atoms with Crippen LogP contribution in [-0.2, 0) is 11.2 Å². The van der Waals surface area contributed by atoms with Crippen molar-refractivity contribution in [3.8, 4) is 0 Å². The Morgan fingerprint density at radius 1 is 1.31 bits per heavy atom. The van der Waals surface area contributed by atoms with E-state index in [0.717, 1.165) is 13.1 Å². The van der Waals surface area contributed by atoms with Crippen LogP contribution in [0.25, 0.3) is 0 Å². The molecular weight excluding hydrogens is 230 g/mol. The highest BCUT2D eigenvalue weighted by Gasteiger charge is 2.25. The highest BCUT2D eigenvalue weighted by Crippen LogP contribution is 2.19. The maximum Gasteiger partial charge on any atom is 0.318 e. The third kappa shape index (κ3) is 2.65. The molecule has 0 spiro atoms. The Balaban J connectivity index is 2.04. The Bertz CT molecular complexity index is 335. The van der Waals surface area contributed by atoms with Crippen LogP contribution in [0.3, 0.4) is 0 Å². The van der Waals surface area contributed by atoms with E-state index in [0.29, 0.717) is 24.2 Å². The van der Waals surface area contributed by atoms with Gasteiger partial charge in [0.1, 0.15) is 0 Å². The Hall–Kier alpha value is -0.810. The standard InChI is InChI=1S/C10H16ClN3O2/c1-7-5-14(6-8(2)15-7)10-13-12-9(16-10)3-4-11/h7-8H,3-6H2,1-2H3/t7-,8+. The second-order valence-electron chi connectivity index (χ2n) is 4.08. The molecule has 16 heavy (non-hydrogen) atoms. The molecule has 0 N–H and O–H groups in total. The molecule has 0 unspecified atom stereocenters. The van der Waals surface area contributed by atoms with E-state index >= 15 is 0 Å². The summed E-state index contributed by atoms with van der Waals surface area (Å²) in [6, 6.07) is 0.571. The number of hydrogen-bond donors (Lipinski definition) is 0. The molecule has 0 radical (unpaired) electrons. The zero-order valence-electron chi connectivity index (χ0n) is 9.52. The van der Waals surface area contributed by atoms with Crippen LogP contribution in [0.4, 0.5) is 6.01 Å².